The largest absolute Gasteiger partial charge is 0.315 e. The Bertz CT molecular complexity index is 665. The molecule has 0 bridgehead atoms. The van der Waals surface area contributed by atoms with E-state index in [4.69, 9.17) is 5.73 Å². The van der Waals surface area contributed by atoms with E-state index >= 15 is 0 Å². The van der Waals surface area contributed by atoms with Crippen molar-refractivity contribution in [2.75, 3.05) is 0 Å². The summed E-state index contributed by atoms with van der Waals surface area (Å²) in [6.07, 6.45) is 9.76. The zero-order chi connectivity index (χ0) is 15.4. The van der Waals surface area contributed by atoms with Crippen LogP contribution in [0.3, 0.4) is 0 Å². The van der Waals surface area contributed by atoms with Crippen LogP contribution in [-0.4, -0.2) is 21.7 Å². The number of hydrogen-bond donors (Lipinski definition) is 1. The Morgan fingerprint density at radius 1 is 1.09 bits per heavy atom. The molecule has 2 aromatic heterocycles. The number of nitrogens with zero attached hydrogens (tertiary/aromatic N) is 3. The van der Waals surface area contributed by atoms with Crippen LogP contribution in [0.15, 0.2) is 78.6 Å². The lowest BCUT2D eigenvalue weighted by Crippen LogP contribution is -2.41. The molecule has 22 heavy (non-hydrogen) atoms. The van der Waals surface area contributed by atoms with Crippen LogP contribution in [0.1, 0.15) is 17.8 Å². The number of nitrogens with two attached hydrogens (primary N) is 1. The van der Waals surface area contributed by atoms with E-state index in [2.05, 4.69) is 21.5 Å². The van der Waals surface area contributed by atoms with E-state index < -0.39 is 5.54 Å². The molecule has 3 rings (SSSR count). The van der Waals surface area contributed by atoms with Crippen molar-refractivity contribution >= 4 is 5.71 Å². The molecule has 0 saturated heterocycles. The highest BCUT2D eigenvalue weighted by Gasteiger charge is 2.40. The van der Waals surface area contributed by atoms with Crippen LogP contribution in [0.2, 0.25) is 0 Å². The number of hydrogen-bond acceptors (Lipinski definition) is 4. The lowest BCUT2D eigenvalue weighted by Gasteiger charge is -2.28. The first-order valence-electron chi connectivity index (χ1n) is 7.23. The van der Waals surface area contributed by atoms with E-state index in [-0.39, 0.29) is 6.04 Å². The third kappa shape index (κ3) is 2.87. The van der Waals surface area contributed by atoms with Gasteiger partial charge in [-0.15, -0.1) is 0 Å². The lowest BCUT2D eigenvalue weighted by atomic mass is 9.85. The molecule has 0 amide bonds. The van der Waals surface area contributed by atoms with Crippen molar-refractivity contribution in [2.45, 2.75) is 18.0 Å². The predicted molar refractivity (Wildman–Crippen MR) is 88.6 cm³/mol. The summed E-state index contributed by atoms with van der Waals surface area (Å²) < 4.78 is 0. The van der Waals surface area contributed by atoms with Gasteiger partial charge in [-0.25, -0.2) is 0 Å². The fourth-order valence-electron chi connectivity index (χ4n) is 2.51. The maximum Gasteiger partial charge on any atom is 0.104 e. The summed E-state index contributed by atoms with van der Waals surface area (Å²) in [5.74, 6) is 0. The van der Waals surface area contributed by atoms with Crippen molar-refractivity contribution < 1.29 is 0 Å². The van der Waals surface area contributed by atoms with E-state index in [1.807, 2.05) is 48.6 Å². The van der Waals surface area contributed by atoms with Gasteiger partial charge in [-0.05, 0) is 30.3 Å². The van der Waals surface area contributed by atoms with Gasteiger partial charge in [0.25, 0.3) is 0 Å². The summed E-state index contributed by atoms with van der Waals surface area (Å²) in [5.41, 5.74) is 8.64. The van der Waals surface area contributed by atoms with Gasteiger partial charge < -0.3 is 5.73 Å². The third-order valence-corrected chi connectivity index (χ3v) is 3.74. The Labute approximate surface area is 130 Å². The van der Waals surface area contributed by atoms with Gasteiger partial charge in [-0.2, -0.15) is 0 Å². The van der Waals surface area contributed by atoms with E-state index in [9.17, 15) is 0 Å². The van der Waals surface area contributed by atoms with Crippen LogP contribution in [0.5, 0.6) is 0 Å². The summed E-state index contributed by atoms with van der Waals surface area (Å²) >= 11 is 0. The minimum absolute atomic E-state index is 0.116. The van der Waals surface area contributed by atoms with Crippen LogP contribution in [0.25, 0.3) is 0 Å². The molecule has 0 fully saturated rings. The number of pyridine rings is 2. The molecule has 0 spiro atoms. The summed E-state index contributed by atoms with van der Waals surface area (Å²) in [5, 5.41) is 0. The highest BCUT2D eigenvalue weighted by molar-refractivity contribution is 6.09. The smallest absolute Gasteiger partial charge is 0.104 e. The minimum Gasteiger partial charge on any atom is -0.315 e. The molecule has 3 heterocycles. The van der Waals surface area contributed by atoms with Crippen LogP contribution in [0, 0.1) is 0 Å². The molecule has 2 N–H and O–H groups in total. The highest BCUT2D eigenvalue weighted by Crippen LogP contribution is 2.33. The molecule has 1 aliphatic rings. The number of aromatic nitrogens is 2. The average Bonchev–Trinajstić information content (AvgIpc) is 3.32. The van der Waals surface area contributed by atoms with Crippen LogP contribution in [0.4, 0.5) is 0 Å². The summed E-state index contributed by atoms with van der Waals surface area (Å²) in [6, 6.07) is 11.7. The molecule has 0 saturated carbocycles. The molecule has 4 nitrogen and oxygen atoms in total. The normalized spacial score (nSPS) is 17.3. The topological polar surface area (TPSA) is 64.2 Å². The first-order valence-corrected chi connectivity index (χ1v) is 7.23. The molecule has 1 atom stereocenters. The minimum atomic E-state index is -0.750. The molecule has 2 aromatic rings. The molecule has 1 aliphatic heterocycles. The van der Waals surface area contributed by atoms with Crippen molar-refractivity contribution in [1.82, 2.24) is 9.97 Å². The van der Waals surface area contributed by atoms with Crippen molar-refractivity contribution in [1.29, 1.82) is 0 Å². The Kier molecular flexibility index (Phi) is 3.94. The van der Waals surface area contributed by atoms with E-state index in [1.165, 1.54) is 0 Å². The van der Waals surface area contributed by atoms with Gasteiger partial charge in [0.2, 0.25) is 0 Å². The van der Waals surface area contributed by atoms with Gasteiger partial charge in [0.15, 0.2) is 0 Å². The van der Waals surface area contributed by atoms with Crippen molar-refractivity contribution in [3.8, 4) is 0 Å². The fourth-order valence-corrected chi connectivity index (χ4v) is 2.51. The SMILES string of the molecule is C=CC=CC1=NC1CC(N)(c1ccccn1)c1ccccn1. The molecular formula is C18H18N4. The molecule has 0 aliphatic carbocycles. The monoisotopic (exact) mass is 290 g/mol. The highest BCUT2D eigenvalue weighted by atomic mass is 15.0. The van der Waals surface area contributed by atoms with Gasteiger partial charge in [0, 0.05) is 18.8 Å². The fraction of sp³-hybridized carbons (Fsp3) is 0.167. The van der Waals surface area contributed by atoms with Crippen molar-refractivity contribution in [2.24, 2.45) is 10.7 Å². The van der Waals surface area contributed by atoms with E-state index in [0.29, 0.717) is 6.42 Å². The van der Waals surface area contributed by atoms with Crippen LogP contribution >= 0.6 is 0 Å². The summed E-state index contributed by atoms with van der Waals surface area (Å²) in [6.45, 7) is 3.67. The summed E-state index contributed by atoms with van der Waals surface area (Å²) in [4.78, 5) is 13.4. The molecule has 0 radical (unpaired) electrons. The molecule has 1 unspecified atom stereocenters. The third-order valence-electron chi connectivity index (χ3n) is 3.74. The quantitative estimate of drug-likeness (QED) is 0.832. The van der Waals surface area contributed by atoms with E-state index in [0.717, 1.165) is 17.1 Å². The zero-order valence-electron chi connectivity index (χ0n) is 12.3. The van der Waals surface area contributed by atoms with Crippen molar-refractivity contribution in [3.05, 3.63) is 85.0 Å². The lowest BCUT2D eigenvalue weighted by molar-refractivity contribution is 0.466. The number of allylic oxidation sites excluding steroid dienone is 2. The molecular weight excluding hydrogens is 272 g/mol. The zero-order valence-corrected chi connectivity index (χ0v) is 12.3. The first kappa shape index (κ1) is 14.4. The maximum atomic E-state index is 6.73. The average molecular weight is 290 g/mol. The summed E-state index contributed by atoms with van der Waals surface area (Å²) in [7, 11) is 0. The van der Waals surface area contributed by atoms with Gasteiger partial charge >= 0.3 is 0 Å². The first-order chi connectivity index (χ1) is 10.7. The molecule has 110 valence electrons. The second kappa shape index (κ2) is 6.03. The molecule has 0 aromatic carbocycles. The van der Waals surface area contributed by atoms with Gasteiger partial charge in [0.05, 0.1) is 23.1 Å². The Hall–Kier alpha value is -2.59. The maximum absolute atomic E-state index is 6.73. The molecule has 4 heteroatoms. The Morgan fingerprint density at radius 2 is 1.73 bits per heavy atom. The van der Waals surface area contributed by atoms with Gasteiger partial charge in [0.1, 0.15) is 5.54 Å². The van der Waals surface area contributed by atoms with Gasteiger partial charge in [-0.3, -0.25) is 15.0 Å². The predicted octanol–water partition coefficient (Wildman–Crippen LogP) is 2.63. The second-order valence-electron chi connectivity index (χ2n) is 5.27. The second-order valence-corrected chi connectivity index (χ2v) is 5.27. The van der Waals surface area contributed by atoms with E-state index in [1.54, 1.807) is 18.5 Å². The Morgan fingerprint density at radius 3 is 2.23 bits per heavy atom. The Balaban J connectivity index is 1.89. The number of rotatable bonds is 6. The standard InChI is InChI=1S/C18H18N4/c1-2-3-8-14-15(22-14)13-18(19,16-9-4-6-11-20-16)17-10-5-7-12-21-17/h2-12,15H,1,13,19H2. The number of aliphatic imine (C=N–C) groups is 1. The van der Waals surface area contributed by atoms with Gasteiger partial charge in [-0.1, -0.05) is 30.9 Å². The van der Waals surface area contributed by atoms with Crippen LogP contribution in [-0.2, 0) is 5.54 Å². The van der Waals surface area contributed by atoms with Crippen molar-refractivity contribution in [3.63, 3.8) is 0 Å². The van der Waals surface area contributed by atoms with Crippen LogP contribution < -0.4 is 5.73 Å².